The molecule has 1 fully saturated rings. The van der Waals surface area contributed by atoms with E-state index in [0.29, 0.717) is 18.7 Å². The minimum Gasteiger partial charge on any atom is -0.452 e. The lowest BCUT2D eigenvalue weighted by Gasteiger charge is -2.24. The maximum Gasteiger partial charge on any atom is 0.410 e. The molecule has 5 heteroatoms. The van der Waals surface area contributed by atoms with Crippen molar-refractivity contribution in [2.45, 2.75) is 32.5 Å². The first kappa shape index (κ1) is 14.6. The molecule has 1 atom stereocenters. The van der Waals surface area contributed by atoms with Gasteiger partial charge in [0, 0.05) is 12.1 Å². The van der Waals surface area contributed by atoms with Crippen molar-refractivity contribution in [2.24, 2.45) is 0 Å². The summed E-state index contributed by atoms with van der Waals surface area (Å²) in [5.74, 6) is -0.310. The van der Waals surface area contributed by atoms with Crippen molar-refractivity contribution < 1.29 is 19.1 Å². The highest BCUT2D eigenvalue weighted by Gasteiger charge is 2.43. The third kappa shape index (κ3) is 2.71. The monoisotopic (exact) mass is 301 g/mol. The van der Waals surface area contributed by atoms with Crippen LogP contribution in [-0.2, 0) is 14.3 Å². The van der Waals surface area contributed by atoms with E-state index in [1.165, 1.54) is 0 Å². The molecule has 2 heterocycles. The Balaban J connectivity index is 1.85. The summed E-state index contributed by atoms with van der Waals surface area (Å²) in [5.41, 5.74) is 1.73. The Bertz CT molecular complexity index is 642. The summed E-state index contributed by atoms with van der Waals surface area (Å²) in [6.07, 6.45) is -0.729. The van der Waals surface area contributed by atoms with Crippen LogP contribution in [0.4, 0.5) is 4.79 Å². The predicted molar refractivity (Wildman–Crippen MR) is 81.0 cm³/mol. The van der Waals surface area contributed by atoms with Crippen LogP contribution < -0.4 is 0 Å². The molecule has 1 aromatic rings. The van der Waals surface area contributed by atoms with Crippen molar-refractivity contribution in [2.75, 3.05) is 13.1 Å². The molecule has 0 aliphatic carbocycles. The van der Waals surface area contributed by atoms with E-state index in [4.69, 9.17) is 9.47 Å². The van der Waals surface area contributed by atoms with Gasteiger partial charge in [0.1, 0.15) is 11.7 Å². The molecule has 0 spiro atoms. The molecular formula is C17H19NO4. The third-order valence-electron chi connectivity index (χ3n) is 3.62. The van der Waals surface area contributed by atoms with Gasteiger partial charge in [-0.3, -0.25) is 4.90 Å². The van der Waals surface area contributed by atoms with E-state index < -0.39 is 5.60 Å². The first-order valence-corrected chi connectivity index (χ1v) is 7.32. The summed E-state index contributed by atoms with van der Waals surface area (Å²) < 4.78 is 10.8. The van der Waals surface area contributed by atoms with Crippen LogP contribution in [-0.4, -0.2) is 41.8 Å². The van der Waals surface area contributed by atoms with Gasteiger partial charge in [-0.25, -0.2) is 9.59 Å². The molecule has 116 valence electrons. The molecule has 1 saturated heterocycles. The SMILES string of the molecule is CC(C)(C)OC(=O)N1CC2=C(c3ccccc3)C(=O)OC2C1. The minimum atomic E-state index is -0.540. The Kier molecular flexibility index (Phi) is 3.43. The molecule has 0 saturated carbocycles. The zero-order valence-corrected chi connectivity index (χ0v) is 13.0. The summed E-state index contributed by atoms with van der Waals surface area (Å²) in [4.78, 5) is 25.8. The summed E-state index contributed by atoms with van der Waals surface area (Å²) >= 11 is 0. The number of carbonyl (C=O) groups is 2. The molecule has 0 bridgehead atoms. The smallest absolute Gasteiger partial charge is 0.410 e. The fraction of sp³-hybridized carbons (Fsp3) is 0.412. The van der Waals surface area contributed by atoms with Gasteiger partial charge < -0.3 is 9.47 Å². The lowest BCUT2D eigenvalue weighted by molar-refractivity contribution is -0.137. The fourth-order valence-corrected chi connectivity index (χ4v) is 2.72. The topological polar surface area (TPSA) is 55.8 Å². The molecule has 22 heavy (non-hydrogen) atoms. The number of esters is 1. The number of ether oxygens (including phenoxy) is 2. The Morgan fingerprint density at radius 3 is 2.59 bits per heavy atom. The van der Waals surface area contributed by atoms with Crippen LogP contribution in [0.3, 0.4) is 0 Å². The van der Waals surface area contributed by atoms with Crippen LogP contribution in [0.25, 0.3) is 5.57 Å². The van der Waals surface area contributed by atoms with Gasteiger partial charge in [0.25, 0.3) is 0 Å². The second-order valence-electron chi connectivity index (χ2n) is 6.52. The summed E-state index contributed by atoms with van der Waals surface area (Å²) in [7, 11) is 0. The number of nitrogens with zero attached hydrogens (tertiary/aromatic N) is 1. The largest absolute Gasteiger partial charge is 0.452 e. The molecule has 0 radical (unpaired) electrons. The second-order valence-corrected chi connectivity index (χ2v) is 6.52. The fourth-order valence-electron chi connectivity index (χ4n) is 2.72. The zero-order chi connectivity index (χ0) is 15.9. The Morgan fingerprint density at radius 1 is 1.27 bits per heavy atom. The number of rotatable bonds is 1. The van der Waals surface area contributed by atoms with Gasteiger partial charge in [-0.2, -0.15) is 0 Å². The number of benzene rings is 1. The van der Waals surface area contributed by atoms with Crippen molar-refractivity contribution in [1.82, 2.24) is 4.90 Å². The number of hydrogen-bond donors (Lipinski definition) is 0. The van der Waals surface area contributed by atoms with E-state index >= 15 is 0 Å². The van der Waals surface area contributed by atoms with Crippen LogP contribution in [0.15, 0.2) is 35.9 Å². The highest BCUT2D eigenvalue weighted by atomic mass is 16.6. The van der Waals surface area contributed by atoms with Crippen molar-refractivity contribution in [3.05, 3.63) is 41.5 Å². The highest BCUT2D eigenvalue weighted by Crippen LogP contribution is 2.35. The normalized spacial score (nSPS) is 21.0. The lowest BCUT2D eigenvalue weighted by Crippen LogP contribution is -2.36. The minimum absolute atomic E-state index is 0.310. The molecule has 2 aliphatic rings. The van der Waals surface area contributed by atoms with Crippen LogP contribution in [0.1, 0.15) is 26.3 Å². The van der Waals surface area contributed by atoms with Crippen molar-refractivity contribution in [3.8, 4) is 0 Å². The van der Waals surface area contributed by atoms with Gasteiger partial charge in [0.2, 0.25) is 0 Å². The first-order chi connectivity index (χ1) is 10.3. The lowest BCUT2D eigenvalue weighted by atomic mass is 10.0. The number of amides is 1. The quantitative estimate of drug-likeness (QED) is 0.748. The summed E-state index contributed by atoms with van der Waals surface area (Å²) in [6.45, 7) is 6.21. The van der Waals surface area contributed by atoms with Crippen LogP contribution >= 0.6 is 0 Å². The second kappa shape index (κ2) is 5.16. The third-order valence-corrected chi connectivity index (χ3v) is 3.62. The maximum absolute atomic E-state index is 12.2. The van der Waals surface area contributed by atoms with Gasteiger partial charge in [-0.1, -0.05) is 30.3 Å². The molecule has 1 amide bonds. The standard InChI is InChI=1S/C17H19NO4/c1-17(2,3)22-16(20)18-9-12-13(10-18)21-15(19)14(12)11-7-5-4-6-8-11/h4-8,13H,9-10H2,1-3H3. The van der Waals surface area contributed by atoms with E-state index in [1.807, 2.05) is 51.1 Å². The van der Waals surface area contributed by atoms with Gasteiger partial charge >= 0.3 is 12.1 Å². The van der Waals surface area contributed by atoms with Gasteiger partial charge in [0.05, 0.1) is 12.1 Å². The predicted octanol–water partition coefficient (Wildman–Crippen LogP) is 2.62. The van der Waals surface area contributed by atoms with E-state index in [1.54, 1.807) is 4.90 Å². The average molecular weight is 301 g/mol. The zero-order valence-electron chi connectivity index (χ0n) is 13.0. The van der Waals surface area contributed by atoms with E-state index in [9.17, 15) is 9.59 Å². The van der Waals surface area contributed by atoms with E-state index in [0.717, 1.165) is 11.1 Å². The number of likely N-dealkylation sites (tertiary alicyclic amines) is 1. The number of fused-ring (bicyclic) bond motifs is 1. The van der Waals surface area contributed by atoms with Gasteiger partial charge in [0.15, 0.2) is 0 Å². The molecule has 1 unspecified atom stereocenters. The molecule has 2 aliphatic heterocycles. The number of carbonyl (C=O) groups excluding carboxylic acids is 2. The Morgan fingerprint density at radius 2 is 1.95 bits per heavy atom. The number of hydrogen-bond acceptors (Lipinski definition) is 4. The van der Waals surface area contributed by atoms with Crippen LogP contribution in [0, 0.1) is 0 Å². The summed E-state index contributed by atoms with van der Waals surface area (Å²) in [6, 6.07) is 9.41. The molecular weight excluding hydrogens is 282 g/mol. The highest BCUT2D eigenvalue weighted by molar-refractivity contribution is 6.20. The molecule has 1 aromatic carbocycles. The van der Waals surface area contributed by atoms with E-state index in [2.05, 4.69) is 0 Å². The molecule has 0 N–H and O–H groups in total. The first-order valence-electron chi connectivity index (χ1n) is 7.32. The Labute approximate surface area is 129 Å². The molecule has 0 aromatic heterocycles. The van der Waals surface area contributed by atoms with Crippen molar-refractivity contribution >= 4 is 17.6 Å². The van der Waals surface area contributed by atoms with Crippen molar-refractivity contribution in [1.29, 1.82) is 0 Å². The Hall–Kier alpha value is -2.30. The van der Waals surface area contributed by atoms with Crippen LogP contribution in [0.5, 0.6) is 0 Å². The molecule has 5 nitrogen and oxygen atoms in total. The van der Waals surface area contributed by atoms with Gasteiger partial charge in [-0.05, 0) is 26.3 Å². The average Bonchev–Trinajstić information content (AvgIpc) is 2.94. The maximum atomic E-state index is 12.2. The van der Waals surface area contributed by atoms with Crippen LogP contribution in [0.2, 0.25) is 0 Å². The van der Waals surface area contributed by atoms with E-state index in [-0.39, 0.29) is 18.2 Å². The summed E-state index contributed by atoms with van der Waals surface area (Å²) in [5, 5.41) is 0. The molecule has 3 rings (SSSR count). The van der Waals surface area contributed by atoms with Crippen molar-refractivity contribution in [3.63, 3.8) is 0 Å². The van der Waals surface area contributed by atoms with Gasteiger partial charge in [-0.15, -0.1) is 0 Å².